The zero-order valence-electron chi connectivity index (χ0n) is 10.6. The van der Waals surface area contributed by atoms with Crippen LogP contribution in [0, 0.1) is 0 Å². The van der Waals surface area contributed by atoms with Gasteiger partial charge in [-0.25, -0.2) is 0 Å². The molecule has 0 aliphatic carbocycles. The number of hydrogen-bond donors (Lipinski definition) is 1. The van der Waals surface area contributed by atoms with Gasteiger partial charge in [0.25, 0.3) is 0 Å². The molecule has 1 aromatic heterocycles. The zero-order valence-corrected chi connectivity index (χ0v) is 10.6. The Morgan fingerprint density at radius 1 is 1.11 bits per heavy atom. The van der Waals surface area contributed by atoms with Crippen LogP contribution in [0.1, 0.15) is 12.2 Å². The van der Waals surface area contributed by atoms with Crippen molar-refractivity contribution in [3.8, 4) is 22.8 Å². The van der Waals surface area contributed by atoms with E-state index in [-0.39, 0.29) is 0 Å². The third kappa shape index (κ3) is 2.56. The van der Waals surface area contributed by atoms with Crippen LogP contribution in [-0.4, -0.2) is 24.9 Å². The number of rotatable bonds is 3. The molecule has 0 fully saturated rings. The highest BCUT2D eigenvalue weighted by atomic mass is 16.5. The van der Waals surface area contributed by atoms with Crippen molar-refractivity contribution in [1.29, 1.82) is 0 Å². The van der Waals surface area contributed by atoms with E-state index in [4.69, 9.17) is 19.7 Å². The molecule has 0 atom stereocenters. The van der Waals surface area contributed by atoms with Crippen LogP contribution in [0.15, 0.2) is 28.8 Å². The molecule has 0 spiro atoms. The molecular formula is C14H16N2O3. The second-order valence-corrected chi connectivity index (χ2v) is 4.43. The van der Waals surface area contributed by atoms with E-state index in [1.807, 2.05) is 24.3 Å². The first-order valence-corrected chi connectivity index (χ1v) is 6.42. The van der Waals surface area contributed by atoms with Gasteiger partial charge in [-0.15, -0.1) is 0 Å². The normalized spacial score (nSPS) is 14.2. The Labute approximate surface area is 111 Å². The van der Waals surface area contributed by atoms with Gasteiger partial charge >= 0.3 is 0 Å². The molecule has 2 aromatic rings. The Hall–Kier alpha value is -2.01. The van der Waals surface area contributed by atoms with Crippen molar-refractivity contribution in [3.05, 3.63) is 30.0 Å². The minimum Gasteiger partial charge on any atom is -0.490 e. The highest BCUT2D eigenvalue weighted by molar-refractivity contribution is 5.63. The van der Waals surface area contributed by atoms with Crippen LogP contribution in [0.25, 0.3) is 11.3 Å². The average molecular weight is 260 g/mol. The summed E-state index contributed by atoms with van der Waals surface area (Å²) < 4.78 is 16.5. The summed E-state index contributed by atoms with van der Waals surface area (Å²) in [6.45, 7) is 1.92. The fraction of sp³-hybridized carbons (Fsp3) is 0.357. The molecule has 3 rings (SSSR count). The van der Waals surface area contributed by atoms with Gasteiger partial charge in [0.05, 0.1) is 13.2 Å². The van der Waals surface area contributed by atoms with Gasteiger partial charge in [-0.3, -0.25) is 0 Å². The number of nitrogens with zero attached hydrogens (tertiary/aromatic N) is 1. The van der Waals surface area contributed by atoms with Crippen molar-refractivity contribution in [3.63, 3.8) is 0 Å². The van der Waals surface area contributed by atoms with Crippen LogP contribution in [0.2, 0.25) is 0 Å². The van der Waals surface area contributed by atoms with Crippen molar-refractivity contribution in [1.82, 2.24) is 5.16 Å². The van der Waals surface area contributed by atoms with Crippen LogP contribution < -0.4 is 15.2 Å². The van der Waals surface area contributed by atoms with Gasteiger partial charge in [0, 0.05) is 24.5 Å². The maximum atomic E-state index is 5.66. The van der Waals surface area contributed by atoms with Crippen molar-refractivity contribution in [2.24, 2.45) is 5.73 Å². The molecule has 0 radical (unpaired) electrons. The molecule has 0 bridgehead atoms. The minimum atomic E-state index is 0.551. The van der Waals surface area contributed by atoms with Gasteiger partial charge in [-0.2, -0.15) is 0 Å². The molecular weight excluding hydrogens is 244 g/mol. The van der Waals surface area contributed by atoms with Gasteiger partial charge in [0.15, 0.2) is 11.5 Å². The highest BCUT2D eigenvalue weighted by Gasteiger charge is 2.13. The Kier molecular flexibility index (Phi) is 3.37. The van der Waals surface area contributed by atoms with Gasteiger partial charge in [-0.1, -0.05) is 5.16 Å². The molecule has 1 aliphatic heterocycles. The first-order chi connectivity index (χ1) is 9.36. The van der Waals surface area contributed by atoms with Crippen LogP contribution in [-0.2, 0) is 6.42 Å². The predicted molar refractivity (Wildman–Crippen MR) is 70.3 cm³/mol. The summed E-state index contributed by atoms with van der Waals surface area (Å²) in [6, 6.07) is 7.71. The molecule has 2 heterocycles. The van der Waals surface area contributed by atoms with E-state index in [2.05, 4.69) is 5.16 Å². The largest absolute Gasteiger partial charge is 0.490 e. The molecule has 0 amide bonds. The lowest BCUT2D eigenvalue weighted by molar-refractivity contribution is 0.297. The third-order valence-electron chi connectivity index (χ3n) is 2.99. The van der Waals surface area contributed by atoms with E-state index in [1.165, 1.54) is 0 Å². The Balaban J connectivity index is 1.89. The number of ether oxygens (including phenoxy) is 2. The summed E-state index contributed by atoms with van der Waals surface area (Å²) in [7, 11) is 0. The van der Waals surface area contributed by atoms with Gasteiger partial charge in [-0.05, 0) is 24.7 Å². The average Bonchev–Trinajstić information content (AvgIpc) is 2.76. The van der Waals surface area contributed by atoms with Gasteiger partial charge in [0.1, 0.15) is 11.5 Å². The minimum absolute atomic E-state index is 0.551. The first kappa shape index (κ1) is 12.0. The van der Waals surface area contributed by atoms with Gasteiger partial charge < -0.3 is 19.7 Å². The summed E-state index contributed by atoms with van der Waals surface area (Å²) >= 11 is 0. The molecule has 100 valence electrons. The Morgan fingerprint density at radius 3 is 2.79 bits per heavy atom. The number of aromatic nitrogens is 1. The highest BCUT2D eigenvalue weighted by Crippen LogP contribution is 2.33. The van der Waals surface area contributed by atoms with Crippen LogP contribution in [0.4, 0.5) is 0 Å². The lowest BCUT2D eigenvalue weighted by atomic mass is 10.1. The third-order valence-corrected chi connectivity index (χ3v) is 2.99. The Morgan fingerprint density at radius 2 is 1.95 bits per heavy atom. The van der Waals surface area contributed by atoms with Crippen molar-refractivity contribution in [2.45, 2.75) is 12.8 Å². The molecule has 5 nitrogen and oxygen atoms in total. The van der Waals surface area contributed by atoms with Gasteiger partial charge in [0.2, 0.25) is 0 Å². The maximum Gasteiger partial charge on any atom is 0.161 e. The quantitative estimate of drug-likeness (QED) is 0.914. The summed E-state index contributed by atoms with van der Waals surface area (Å²) in [4.78, 5) is 0. The van der Waals surface area contributed by atoms with E-state index in [0.29, 0.717) is 26.2 Å². The van der Waals surface area contributed by atoms with Crippen molar-refractivity contribution >= 4 is 0 Å². The predicted octanol–water partition coefficient (Wildman–Crippen LogP) is 2.00. The smallest absolute Gasteiger partial charge is 0.161 e. The van der Waals surface area contributed by atoms with Crippen LogP contribution in [0.5, 0.6) is 11.5 Å². The van der Waals surface area contributed by atoms with Crippen molar-refractivity contribution in [2.75, 3.05) is 19.8 Å². The van der Waals surface area contributed by atoms with E-state index in [0.717, 1.165) is 34.9 Å². The summed E-state index contributed by atoms with van der Waals surface area (Å²) in [5, 5.41) is 4.05. The molecule has 1 aromatic carbocycles. The monoisotopic (exact) mass is 260 g/mol. The molecule has 2 N–H and O–H groups in total. The fourth-order valence-corrected chi connectivity index (χ4v) is 2.03. The topological polar surface area (TPSA) is 70.5 Å². The van der Waals surface area contributed by atoms with Crippen molar-refractivity contribution < 1.29 is 14.0 Å². The summed E-state index contributed by atoms with van der Waals surface area (Å²) in [6.07, 6.45) is 1.59. The number of nitrogens with two attached hydrogens (primary N) is 1. The summed E-state index contributed by atoms with van der Waals surface area (Å²) in [5.41, 5.74) is 7.24. The van der Waals surface area contributed by atoms with Crippen LogP contribution in [0.3, 0.4) is 0 Å². The lowest BCUT2D eigenvalue weighted by Crippen LogP contribution is -2.01. The maximum absolute atomic E-state index is 5.66. The second kappa shape index (κ2) is 5.32. The fourth-order valence-electron chi connectivity index (χ4n) is 2.03. The van der Waals surface area contributed by atoms with E-state index < -0.39 is 0 Å². The zero-order chi connectivity index (χ0) is 13.1. The summed E-state index contributed by atoms with van der Waals surface area (Å²) in [5.74, 6) is 2.34. The van der Waals surface area contributed by atoms with E-state index in [1.54, 1.807) is 0 Å². The molecule has 0 saturated heterocycles. The molecule has 5 heteroatoms. The number of hydrogen-bond acceptors (Lipinski definition) is 5. The van der Waals surface area contributed by atoms with E-state index in [9.17, 15) is 0 Å². The van der Waals surface area contributed by atoms with E-state index >= 15 is 0 Å². The molecule has 19 heavy (non-hydrogen) atoms. The molecule has 1 aliphatic rings. The SMILES string of the molecule is NCCc1cc(-c2ccc3c(c2)OCCCO3)no1. The first-order valence-electron chi connectivity index (χ1n) is 6.42. The Bertz CT molecular complexity index is 566. The lowest BCUT2D eigenvalue weighted by Gasteiger charge is -2.07. The molecule has 0 saturated carbocycles. The van der Waals surface area contributed by atoms with Crippen LogP contribution >= 0.6 is 0 Å². The number of fused-ring (bicyclic) bond motifs is 1. The number of benzene rings is 1. The standard InChI is InChI=1S/C14H16N2O3/c15-5-4-11-9-12(16-19-11)10-2-3-13-14(8-10)18-7-1-6-17-13/h2-3,8-9H,1,4-7,15H2. The molecule has 0 unspecified atom stereocenters. The second-order valence-electron chi connectivity index (χ2n) is 4.43.